The van der Waals surface area contributed by atoms with Crippen molar-refractivity contribution in [1.82, 2.24) is 9.97 Å². The standard InChI is InChI=1S/C36H52N4O6/c1-5-7-9-11-13-15-32(41)27(3)45-35(43)29-17-18-34(38-25-29)40-21-19-39(20-22-40)31-23-30(24-37-26-31)36(44)46-28(4)33(42)16-14-12-10-8-6-2/h17-18,23-28H,5-16,19-22H2,1-4H3/t27-,28-/m1/s1. The topological polar surface area (TPSA) is 119 Å². The van der Waals surface area contributed by atoms with Crippen LogP contribution in [0, 0.1) is 0 Å². The van der Waals surface area contributed by atoms with Crippen LogP contribution in [0.3, 0.4) is 0 Å². The minimum Gasteiger partial charge on any atom is -0.451 e. The van der Waals surface area contributed by atoms with E-state index >= 15 is 0 Å². The fourth-order valence-electron chi connectivity index (χ4n) is 5.40. The van der Waals surface area contributed by atoms with Crippen LogP contribution >= 0.6 is 0 Å². The number of ether oxygens (including phenoxy) is 2. The lowest BCUT2D eigenvalue weighted by Gasteiger charge is -2.36. The maximum absolute atomic E-state index is 12.8. The first-order valence-electron chi connectivity index (χ1n) is 17.1. The number of hydrogen-bond donors (Lipinski definition) is 0. The molecule has 0 bridgehead atoms. The summed E-state index contributed by atoms with van der Waals surface area (Å²) < 4.78 is 10.9. The van der Waals surface area contributed by atoms with E-state index in [-0.39, 0.29) is 11.6 Å². The number of esters is 2. The quantitative estimate of drug-likeness (QED) is 0.114. The molecule has 0 aliphatic carbocycles. The molecule has 2 aromatic rings. The molecular formula is C36H52N4O6. The Balaban J connectivity index is 1.45. The van der Waals surface area contributed by atoms with Crippen molar-refractivity contribution in [2.45, 2.75) is 117 Å². The summed E-state index contributed by atoms with van der Waals surface area (Å²) in [6, 6.07) is 5.22. The van der Waals surface area contributed by atoms with Crippen molar-refractivity contribution in [3.63, 3.8) is 0 Å². The van der Waals surface area contributed by atoms with Crippen LogP contribution in [-0.4, -0.2) is 71.9 Å². The lowest BCUT2D eigenvalue weighted by molar-refractivity contribution is -0.127. The van der Waals surface area contributed by atoms with E-state index in [9.17, 15) is 19.2 Å². The van der Waals surface area contributed by atoms with Gasteiger partial charge in [-0.2, -0.15) is 0 Å². The first-order chi connectivity index (χ1) is 22.2. The number of anilines is 2. The summed E-state index contributed by atoms with van der Waals surface area (Å²) in [5.74, 6) is -0.478. The number of carbonyl (C=O) groups is 4. The average molecular weight is 637 g/mol. The van der Waals surface area contributed by atoms with Crippen LogP contribution < -0.4 is 9.80 Å². The Kier molecular flexibility index (Phi) is 15.6. The monoisotopic (exact) mass is 636 g/mol. The second-order valence-corrected chi connectivity index (χ2v) is 12.2. The van der Waals surface area contributed by atoms with Crippen molar-refractivity contribution in [3.05, 3.63) is 47.9 Å². The number of ketones is 2. The smallest absolute Gasteiger partial charge is 0.340 e. The first-order valence-corrected chi connectivity index (χ1v) is 17.1. The van der Waals surface area contributed by atoms with Gasteiger partial charge in [0.1, 0.15) is 5.82 Å². The lowest BCUT2D eigenvalue weighted by atomic mass is 10.1. The van der Waals surface area contributed by atoms with Gasteiger partial charge in [-0.1, -0.05) is 65.2 Å². The highest BCUT2D eigenvalue weighted by Gasteiger charge is 2.23. The van der Waals surface area contributed by atoms with Gasteiger partial charge in [-0.25, -0.2) is 14.6 Å². The van der Waals surface area contributed by atoms with Crippen molar-refractivity contribution in [3.8, 4) is 0 Å². The fraction of sp³-hybridized carbons (Fsp3) is 0.611. The highest BCUT2D eigenvalue weighted by molar-refractivity contribution is 5.93. The Bertz CT molecular complexity index is 1260. The Hall–Kier alpha value is -3.82. The third kappa shape index (κ3) is 11.8. The van der Waals surface area contributed by atoms with Crippen LogP contribution in [0.4, 0.5) is 11.5 Å². The molecule has 0 spiro atoms. The minimum absolute atomic E-state index is 0.0573. The molecule has 0 amide bonds. The molecule has 1 aliphatic rings. The van der Waals surface area contributed by atoms with E-state index in [0.717, 1.165) is 62.9 Å². The molecule has 3 heterocycles. The van der Waals surface area contributed by atoms with Gasteiger partial charge >= 0.3 is 11.9 Å². The van der Waals surface area contributed by atoms with Crippen molar-refractivity contribution in [2.24, 2.45) is 0 Å². The number of pyridine rings is 2. The van der Waals surface area contributed by atoms with Crippen LogP contribution in [0.25, 0.3) is 0 Å². The molecule has 1 aliphatic heterocycles. The molecule has 1 saturated heterocycles. The molecule has 46 heavy (non-hydrogen) atoms. The van der Waals surface area contributed by atoms with Gasteiger partial charge in [-0.15, -0.1) is 0 Å². The molecular weight excluding hydrogens is 584 g/mol. The van der Waals surface area contributed by atoms with E-state index < -0.39 is 24.1 Å². The molecule has 0 N–H and O–H groups in total. The Labute approximate surface area is 274 Å². The normalized spacial score (nSPS) is 14.4. The largest absolute Gasteiger partial charge is 0.451 e. The summed E-state index contributed by atoms with van der Waals surface area (Å²) >= 11 is 0. The molecule has 0 unspecified atom stereocenters. The minimum atomic E-state index is -0.789. The molecule has 2 aromatic heterocycles. The lowest BCUT2D eigenvalue weighted by Crippen LogP contribution is -2.47. The molecule has 0 saturated carbocycles. The summed E-state index contributed by atoms with van der Waals surface area (Å²) in [4.78, 5) is 63.2. The molecule has 3 rings (SSSR count). The van der Waals surface area contributed by atoms with Crippen molar-refractivity contribution in [2.75, 3.05) is 36.0 Å². The van der Waals surface area contributed by atoms with Crippen molar-refractivity contribution >= 4 is 35.0 Å². The zero-order valence-corrected chi connectivity index (χ0v) is 28.2. The van der Waals surface area contributed by atoms with E-state index in [4.69, 9.17) is 9.47 Å². The van der Waals surface area contributed by atoms with E-state index in [0.29, 0.717) is 50.1 Å². The molecule has 2 atom stereocenters. The highest BCUT2D eigenvalue weighted by atomic mass is 16.5. The van der Waals surface area contributed by atoms with Gasteiger partial charge in [-0.05, 0) is 44.9 Å². The number of hydrogen-bond acceptors (Lipinski definition) is 10. The summed E-state index contributed by atoms with van der Waals surface area (Å²) in [6.07, 6.45) is 14.5. The van der Waals surface area contributed by atoms with Crippen LogP contribution in [0.15, 0.2) is 36.8 Å². The maximum atomic E-state index is 12.8. The zero-order valence-electron chi connectivity index (χ0n) is 28.2. The molecule has 10 nitrogen and oxygen atoms in total. The number of piperazine rings is 1. The third-order valence-electron chi connectivity index (χ3n) is 8.44. The molecule has 252 valence electrons. The SMILES string of the molecule is CCCCCCCC(=O)[C@@H](C)OC(=O)c1ccc(N2CCN(c3cncc(C(=O)O[C@H](C)C(=O)CCCCCCC)c3)CC2)nc1. The van der Waals surface area contributed by atoms with Gasteiger partial charge in [0, 0.05) is 51.4 Å². The second kappa shape index (κ2) is 19.6. The summed E-state index contributed by atoms with van der Waals surface area (Å²) in [6.45, 7) is 10.3. The van der Waals surface area contributed by atoms with E-state index in [1.54, 1.807) is 38.2 Å². The van der Waals surface area contributed by atoms with Crippen LogP contribution in [0.2, 0.25) is 0 Å². The Morgan fingerprint density at radius 3 is 1.72 bits per heavy atom. The highest BCUT2D eigenvalue weighted by Crippen LogP contribution is 2.21. The van der Waals surface area contributed by atoms with Crippen LogP contribution in [0.1, 0.15) is 125 Å². The Morgan fingerprint density at radius 2 is 1.20 bits per heavy atom. The number of rotatable bonds is 20. The van der Waals surface area contributed by atoms with Crippen molar-refractivity contribution < 1.29 is 28.7 Å². The summed E-state index contributed by atoms with van der Waals surface area (Å²) in [5.41, 5.74) is 1.43. The molecule has 0 radical (unpaired) electrons. The van der Waals surface area contributed by atoms with Crippen molar-refractivity contribution in [1.29, 1.82) is 0 Å². The third-order valence-corrected chi connectivity index (χ3v) is 8.44. The van der Waals surface area contributed by atoms with Gasteiger partial charge in [-0.3, -0.25) is 14.6 Å². The fourth-order valence-corrected chi connectivity index (χ4v) is 5.40. The first kappa shape index (κ1) is 36.6. The number of carbonyl (C=O) groups excluding carboxylic acids is 4. The zero-order chi connectivity index (χ0) is 33.3. The van der Waals surface area contributed by atoms with Gasteiger partial charge in [0.05, 0.1) is 23.0 Å². The van der Waals surface area contributed by atoms with Gasteiger partial charge in [0.2, 0.25) is 0 Å². The predicted molar refractivity (Wildman–Crippen MR) is 179 cm³/mol. The van der Waals surface area contributed by atoms with Crippen LogP contribution in [-0.2, 0) is 19.1 Å². The number of unbranched alkanes of at least 4 members (excludes halogenated alkanes) is 8. The van der Waals surface area contributed by atoms with E-state index in [1.807, 2.05) is 0 Å². The number of Topliss-reactive ketones (excluding diaryl/α,β-unsaturated/α-hetero) is 2. The molecule has 0 aromatic carbocycles. The van der Waals surface area contributed by atoms with Crippen LogP contribution in [0.5, 0.6) is 0 Å². The maximum Gasteiger partial charge on any atom is 0.340 e. The Morgan fingerprint density at radius 1 is 0.674 bits per heavy atom. The van der Waals surface area contributed by atoms with Gasteiger partial charge in [0.15, 0.2) is 23.8 Å². The predicted octanol–water partition coefficient (Wildman–Crippen LogP) is 6.75. The second-order valence-electron chi connectivity index (χ2n) is 12.2. The van der Waals surface area contributed by atoms with Gasteiger partial charge < -0.3 is 19.3 Å². The molecule has 10 heteroatoms. The summed E-state index contributed by atoms with van der Waals surface area (Å²) in [5, 5.41) is 0. The van der Waals surface area contributed by atoms with E-state index in [2.05, 4.69) is 33.6 Å². The number of nitrogens with zero attached hydrogens (tertiary/aromatic N) is 4. The average Bonchev–Trinajstić information content (AvgIpc) is 3.08. The number of aromatic nitrogens is 2. The van der Waals surface area contributed by atoms with Gasteiger partial charge in [0.25, 0.3) is 0 Å². The summed E-state index contributed by atoms with van der Waals surface area (Å²) in [7, 11) is 0. The molecule has 1 fully saturated rings. The van der Waals surface area contributed by atoms with E-state index in [1.165, 1.54) is 25.2 Å².